The smallest absolute Gasteiger partial charge is 0.101 e. The highest BCUT2D eigenvalue weighted by atomic mass is 14.9. The SMILES string of the molecule is Cc1ccc(Nc2c(C)cccc2C(C)C)c(C#N)c1. The van der Waals surface area contributed by atoms with Gasteiger partial charge < -0.3 is 5.32 Å². The molecule has 0 saturated heterocycles. The third-order valence-electron chi connectivity index (χ3n) is 3.48. The van der Waals surface area contributed by atoms with Gasteiger partial charge in [0.05, 0.1) is 11.3 Å². The summed E-state index contributed by atoms with van der Waals surface area (Å²) in [7, 11) is 0. The van der Waals surface area contributed by atoms with Crippen LogP contribution in [0, 0.1) is 25.2 Å². The first kappa shape index (κ1) is 14.1. The van der Waals surface area contributed by atoms with Crippen LogP contribution >= 0.6 is 0 Å². The van der Waals surface area contributed by atoms with E-state index in [1.165, 1.54) is 11.1 Å². The lowest BCUT2D eigenvalue weighted by Crippen LogP contribution is -2.01. The van der Waals surface area contributed by atoms with Crippen LogP contribution < -0.4 is 5.32 Å². The molecule has 0 aliphatic carbocycles. The molecular weight excluding hydrogens is 244 g/mol. The number of benzene rings is 2. The van der Waals surface area contributed by atoms with Crippen molar-refractivity contribution in [2.45, 2.75) is 33.6 Å². The molecule has 2 aromatic rings. The number of hydrogen-bond acceptors (Lipinski definition) is 2. The fourth-order valence-electron chi connectivity index (χ4n) is 2.34. The summed E-state index contributed by atoms with van der Waals surface area (Å²) < 4.78 is 0. The van der Waals surface area contributed by atoms with Crippen molar-refractivity contribution in [3.63, 3.8) is 0 Å². The van der Waals surface area contributed by atoms with E-state index < -0.39 is 0 Å². The Hall–Kier alpha value is -2.27. The second kappa shape index (κ2) is 5.79. The van der Waals surface area contributed by atoms with Gasteiger partial charge in [-0.25, -0.2) is 0 Å². The van der Waals surface area contributed by atoms with Crippen molar-refractivity contribution in [3.05, 3.63) is 58.7 Å². The minimum atomic E-state index is 0.438. The molecule has 0 bridgehead atoms. The van der Waals surface area contributed by atoms with E-state index in [0.29, 0.717) is 11.5 Å². The standard InChI is InChI=1S/C18H20N2/c1-12(2)16-7-5-6-14(4)18(16)20-17-9-8-13(3)10-15(17)11-19/h5-10,12,20H,1-4H3. The number of hydrogen-bond donors (Lipinski definition) is 1. The van der Waals surface area contributed by atoms with E-state index in [9.17, 15) is 5.26 Å². The molecule has 1 N–H and O–H groups in total. The van der Waals surface area contributed by atoms with Crippen molar-refractivity contribution in [3.8, 4) is 6.07 Å². The molecule has 20 heavy (non-hydrogen) atoms. The molecule has 0 heterocycles. The molecule has 2 aromatic carbocycles. The Labute approximate surface area is 121 Å². The first-order valence-corrected chi connectivity index (χ1v) is 6.90. The minimum Gasteiger partial charge on any atom is -0.354 e. The van der Waals surface area contributed by atoms with E-state index in [4.69, 9.17) is 0 Å². The van der Waals surface area contributed by atoms with Gasteiger partial charge in [-0.3, -0.25) is 0 Å². The Morgan fingerprint density at radius 2 is 1.85 bits per heavy atom. The quantitative estimate of drug-likeness (QED) is 0.842. The predicted molar refractivity (Wildman–Crippen MR) is 84.4 cm³/mol. The Morgan fingerprint density at radius 1 is 1.10 bits per heavy atom. The van der Waals surface area contributed by atoms with Crippen LogP contribution in [0.25, 0.3) is 0 Å². The topological polar surface area (TPSA) is 35.8 Å². The Kier molecular flexibility index (Phi) is 4.10. The van der Waals surface area contributed by atoms with Gasteiger partial charge in [0.1, 0.15) is 6.07 Å². The highest BCUT2D eigenvalue weighted by Crippen LogP contribution is 2.31. The maximum atomic E-state index is 9.28. The van der Waals surface area contributed by atoms with Gasteiger partial charge in [-0.15, -0.1) is 0 Å². The lowest BCUT2D eigenvalue weighted by Gasteiger charge is -2.18. The summed E-state index contributed by atoms with van der Waals surface area (Å²) in [6, 6.07) is 14.5. The van der Waals surface area contributed by atoms with Gasteiger partial charge in [0.2, 0.25) is 0 Å². The lowest BCUT2D eigenvalue weighted by molar-refractivity contribution is 0.867. The molecule has 0 atom stereocenters. The fourth-order valence-corrected chi connectivity index (χ4v) is 2.34. The summed E-state index contributed by atoms with van der Waals surface area (Å²) in [5, 5.41) is 12.7. The number of para-hydroxylation sites is 1. The molecule has 2 rings (SSSR count). The number of rotatable bonds is 3. The molecule has 0 radical (unpaired) electrons. The molecule has 2 nitrogen and oxygen atoms in total. The van der Waals surface area contributed by atoms with Crippen LogP contribution in [0.3, 0.4) is 0 Å². The normalized spacial score (nSPS) is 10.4. The first-order valence-electron chi connectivity index (χ1n) is 6.90. The molecule has 0 amide bonds. The van der Waals surface area contributed by atoms with Gasteiger partial charge in [0.15, 0.2) is 0 Å². The monoisotopic (exact) mass is 264 g/mol. The summed E-state index contributed by atoms with van der Waals surface area (Å²) >= 11 is 0. The van der Waals surface area contributed by atoms with Gasteiger partial charge in [-0.05, 0) is 48.6 Å². The zero-order valence-corrected chi connectivity index (χ0v) is 12.5. The summed E-state index contributed by atoms with van der Waals surface area (Å²) in [5.74, 6) is 0.438. The van der Waals surface area contributed by atoms with Crippen LogP contribution in [0.15, 0.2) is 36.4 Å². The van der Waals surface area contributed by atoms with E-state index in [0.717, 1.165) is 16.9 Å². The third kappa shape index (κ3) is 2.83. The van der Waals surface area contributed by atoms with E-state index in [1.807, 2.05) is 25.1 Å². The average molecular weight is 264 g/mol. The van der Waals surface area contributed by atoms with E-state index in [1.54, 1.807) is 0 Å². The minimum absolute atomic E-state index is 0.438. The number of anilines is 2. The van der Waals surface area contributed by atoms with Crippen LogP contribution in [-0.4, -0.2) is 0 Å². The number of nitrogens with one attached hydrogen (secondary N) is 1. The second-order valence-electron chi connectivity index (χ2n) is 5.48. The van der Waals surface area contributed by atoms with Crippen molar-refractivity contribution < 1.29 is 0 Å². The summed E-state index contributed by atoms with van der Waals surface area (Å²) in [5.41, 5.74) is 6.23. The molecule has 0 aliphatic heterocycles. The summed E-state index contributed by atoms with van der Waals surface area (Å²) in [6.45, 7) is 8.45. The van der Waals surface area contributed by atoms with Crippen molar-refractivity contribution in [1.82, 2.24) is 0 Å². The Balaban J connectivity index is 2.48. The molecule has 102 valence electrons. The predicted octanol–water partition coefficient (Wildman–Crippen LogP) is 5.04. The molecule has 0 unspecified atom stereocenters. The van der Waals surface area contributed by atoms with Crippen LogP contribution in [0.4, 0.5) is 11.4 Å². The van der Waals surface area contributed by atoms with Gasteiger partial charge in [0, 0.05) is 5.69 Å². The molecule has 2 heteroatoms. The maximum absolute atomic E-state index is 9.28. The van der Waals surface area contributed by atoms with Gasteiger partial charge >= 0.3 is 0 Å². The first-order chi connectivity index (χ1) is 9.52. The molecule has 0 fully saturated rings. The highest BCUT2D eigenvalue weighted by molar-refractivity contribution is 5.71. The van der Waals surface area contributed by atoms with Crippen molar-refractivity contribution >= 4 is 11.4 Å². The fraction of sp³-hybridized carbons (Fsp3) is 0.278. The van der Waals surface area contributed by atoms with Crippen LogP contribution in [0.2, 0.25) is 0 Å². The largest absolute Gasteiger partial charge is 0.354 e. The van der Waals surface area contributed by atoms with Crippen LogP contribution in [0.5, 0.6) is 0 Å². The van der Waals surface area contributed by atoms with Gasteiger partial charge in [0.25, 0.3) is 0 Å². The number of nitrogens with zero attached hydrogens (tertiary/aromatic N) is 1. The zero-order valence-electron chi connectivity index (χ0n) is 12.5. The molecular formula is C18H20N2. The third-order valence-corrected chi connectivity index (χ3v) is 3.48. The van der Waals surface area contributed by atoms with E-state index >= 15 is 0 Å². The van der Waals surface area contributed by atoms with Gasteiger partial charge in [-0.1, -0.05) is 38.1 Å². The van der Waals surface area contributed by atoms with Crippen LogP contribution in [-0.2, 0) is 0 Å². The lowest BCUT2D eigenvalue weighted by atomic mass is 9.97. The number of nitriles is 1. The van der Waals surface area contributed by atoms with Gasteiger partial charge in [-0.2, -0.15) is 5.26 Å². The highest BCUT2D eigenvalue weighted by Gasteiger charge is 2.11. The Morgan fingerprint density at radius 3 is 2.50 bits per heavy atom. The number of aryl methyl sites for hydroxylation is 2. The molecule has 0 saturated carbocycles. The van der Waals surface area contributed by atoms with Crippen molar-refractivity contribution in [2.24, 2.45) is 0 Å². The van der Waals surface area contributed by atoms with Crippen molar-refractivity contribution in [2.75, 3.05) is 5.32 Å². The molecule has 0 aliphatic rings. The Bertz CT molecular complexity index is 664. The molecule has 0 spiro atoms. The van der Waals surface area contributed by atoms with E-state index in [-0.39, 0.29) is 0 Å². The van der Waals surface area contributed by atoms with Crippen molar-refractivity contribution in [1.29, 1.82) is 5.26 Å². The van der Waals surface area contributed by atoms with E-state index in [2.05, 4.69) is 50.4 Å². The average Bonchev–Trinajstić information content (AvgIpc) is 2.42. The molecule has 0 aromatic heterocycles. The maximum Gasteiger partial charge on any atom is 0.101 e. The summed E-state index contributed by atoms with van der Waals surface area (Å²) in [6.07, 6.45) is 0. The van der Waals surface area contributed by atoms with Crippen LogP contribution in [0.1, 0.15) is 42.0 Å². The summed E-state index contributed by atoms with van der Waals surface area (Å²) in [4.78, 5) is 0. The zero-order chi connectivity index (χ0) is 14.7. The second-order valence-corrected chi connectivity index (χ2v) is 5.48.